The molecule has 1 aromatic rings. The molecule has 4 heteroatoms. The molecule has 1 saturated carbocycles. The van der Waals surface area contributed by atoms with E-state index in [4.69, 9.17) is 4.99 Å². The Kier molecular flexibility index (Phi) is 4.34. The van der Waals surface area contributed by atoms with Gasteiger partial charge in [-0.2, -0.15) is 0 Å². The van der Waals surface area contributed by atoms with Crippen LogP contribution in [0.5, 0.6) is 0 Å². The summed E-state index contributed by atoms with van der Waals surface area (Å²) in [6, 6.07) is 7.62. The Hall–Kier alpha value is -1.29. The summed E-state index contributed by atoms with van der Waals surface area (Å²) in [4.78, 5) is 16.0. The minimum atomic E-state index is 0.102. The summed E-state index contributed by atoms with van der Waals surface area (Å²) in [7, 11) is 0. The maximum Gasteiger partial charge on any atom is 0.161 e. The van der Waals surface area contributed by atoms with Crippen LogP contribution in [0.3, 0.4) is 0 Å². The van der Waals surface area contributed by atoms with Gasteiger partial charge in [0.2, 0.25) is 0 Å². The van der Waals surface area contributed by atoms with Crippen molar-refractivity contribution < 1.29 is 4.79 Å². The predicted octanol–water partition coefficient (Wildman–Crippen LogP) is 4.35. The highest BCUT2D eigenvalue weighted by Crippen LogP contribution is 2.41. The lowest BCUT2D eigenvalue weighted by Crippen LogP contribution is -2.35. The van der Waals surface area contributed by atoms with Gasteiger partial charge >= 0.3 is 0 Å². The lowest BCUT2D eigenvalue weighted by atomic mass is 9.75. The molecule has 1 N–H and O–H groups in total. The van der Waals surface area contributed by atoms with Gasteiger partial charge in [-0.3, -0.25) is 9.79 Å². The first-order valence-corrected chi connectivity index (χ1v) is 8.71. The molecule has 3 nitrogen and oxygen atoms in total. The smallest absolute Gasteiger partial charge is 0.161 e. The van der Waals surface area contributed by atoms with E-state index >= 15 is 0 Å². The topological polar surface area (TPSA) is 41.5 Å². The second-order valence-electron chi connectivity index (χ2n) is 6.23. The van der Waals surface area contributed by atoms with Crippen molar-refractivity contribution in [3.63, 3.8) is 0 Å². The van der Waals surface area contributed by atoms with Crippen molar-refractivity contribution in [1.29, 1.82) is 0 Å². The Balaban J connectivity index is 1.62. The standard InChI is InChI=1S/C17H22N2OS/c1-13(20)14-5-7-15(8-6-14)19-16-18-11-17(12-21-16)9-3-2-4-10-17/h5-8H,2-4,9-12H2,1H3,(H,18,19). The quantitative estimate of drug-likeness (QED) is 0.826. The van der Waals surface area contributed by atoms with Crippen molar-refractivity contribution in [3.05, 3.63) is 29.8 Å². The molecule has 21 heavy (non-hydrogen) atoms. The minimum Gasteiger partial charge on any atom is -0.335 e. The zero-order valence-corrected chi connectivity index (χ0v) is 13.3. The number of Topliss-reactive ketones (excluding diaryl/α,β-unsaturated/α-hetero) is 1. The van der Waals surface area contributed by atoms with Crippen LogP contribution in [0, 0.1) is 5.41 Å². The van der Waals surface area contributed by atoms with Gasteiger partial charge in [0.05, 0.1) is 0 Å². The number of nitrogens with one attached hydrogen (secondary N) is 1. The average Bonchev–Trinajstić information content (AvgIpc) is 2.51. The third-order valence-electron chi connectivity index (χ3n) is 4.53. The first-order chi connectivity index (χ1) is 10.2. The molecule has 3 rings (SSSR count). The van der Waals surface area contributed by atoms with Crippen molar-refractivity contribution >= 4 is 28.4 Å². The van der Waals surface area contributed by atoms with Crippen LogP contribution < -0.4 is 5.32 Å². The van der Waals surface area contributed by atoms with Crippen LogP contribution in [0.1, 0.15) is 49.4 Å². The van der Waals surface area contributed by atoms with Crippen LogP contribution in [0.15, 0.2) is 29.3 Å². The third kappa shape index (κ3) is 3.49. The highest BCUT2D eigenvalue weighted by Gasteiger charge is 2.34. The van der Waals surface area contributed by atoms with Crippen LogP contribution >= 0.6 is 11.8 Å². The summed E-state index contributed by atoms with van der Waals surface area (Å²) >= 11 is 1.85. The molecule has 1 aliphatic heterocycles. The Bertz CT molecular complexity index is 544. The largest absolute Gasteiger partial charge is 0.335 e. The van der Waals surface area contributed by atoms with Gasteiger partial charge in [0, 0.05) is 23.5 Å². The monoisotopic (exact) mass is 302 g/mol. The van der Waals surface area contributed by atoms with E-state index in [0.717, 1.165) is 23.0 Å². The van der Waals surface area contributed by atoms with E-state index in [9.17, 15) is 4.79 Å². The second kappa shape index (κ2) is 6.22. The van der Waals surface area contributed by atoms with Crippen LogP contribution in [-0.2, 0) is 0 Å². The van der Waals surface area contributed by atoms with E-state index in [-0.39, 0.29) is 5.78 Å². The Morgan fingerprint density at radius 3 is 2.48 bits per heavy atom. The number of carbonyl (C=O) groups is 1. The fourth-order valence-electron chi connectivity index (χ4n) is 3.14. The molecule has 1 aliphatic carbocycles. The summed E-state index contributed by atoms with van der Waals surface area (Å²) in [6.45, 7) is 2.56. The summed E-state index contributed by atoms with van der Waals surface area (Å²) in [5.74, 6) is 1.29. The van der Waals surface area contributed by atoms with E-state index in [2.05, 4.69) is 5.32 Å². The molecule has 112 valence electrons. The van der Waals surface area contributed by atoms with Crippen molar-refractivity contribution in [2.45, 2.75) is 39.0 Å². The lowest BCUT2D eigenvalue weighted by Gasteiger charge is -2.38. The third-order valence-corrected chi connectivity index (χ3v) is 5.79. The number of amidine groups is 1. The van der Waals surface area contributed by atoms with Crippen LogP contribution in [0.25, 0.3) is 0 Å². The number of anilines is 1. The number of nitrogens with zero attached hydrogens (tertiary/aromatic N) is 1. The Morgan fingerprint density at radius 1 is 1.19 bits per heavy atom. The molecular formula is C17H22N2OS. The average molecular weight is 302 g/mol. The highest BCUT2D eigenvalue weighted by molar-refractivity contribution is 8.14. The van der Waals surface area contributed by atoms with Crippen LogP contribution in [-0.4, -0.2) is 23.2 Å². The zero-order chi connectivity index (χ0) is 14.7. The summed E-state index contributed by atoms with van der Waals surface area (Å²) in [6.07, 6.45) is 6.80. The van der Waals surface area contributed by atoms with E-state index < -0.39 is 0 Å². The van der Waals surface area contributed by atoms with E-state index in [1.807, 2.05) is 36.0 Å². The molecule has 2 aliphatic rings. The molecule has 1 aromatic carbocycles. The molecule has 0 amide bonds. The van der Waals surface area contributed by atoms with Gasteiger partial charge < -0.3 is 5.32 Å². The SMILES string of the molecule is CC(=O)c1ccc(NC2=NCC3(CCCCC3)CS2)cc1. The van der Waals surface area contributed by atoms with Gasteiger partial charge in [-0.05, 0) is 49.4 Å². The molecule has 0 aromatic heterocycles. The van der Waals surface area contributed by atoms with Crippen molar-refractivity contribution in [1.82, 2.24) is 0 Å². The molecule has 0 unspecified atom stereocenters. The maximum absolute atomic E-state index is 11.3. The van der Waals surface area contributed by atoms with Gasteiger partial charge in [-0.1, -0.05) is 31.0 Å². The number of rotatable bonds is 2. The number of thioether (sulfide) groups is 1. The zero-order valence-electron chi connectivity index (χ0n) is 12.5. The van der Waals surface area contributed by atoms with Gasteiger partial charge in [-0.25, -0.2) is 0 Å². The van der Waals surface area contributed by atoms with Crippen molar-refractivity contribution in [2.75, 3.05) is 17.6 Å². The number of aliphatic imine (C=N–C) groups is 1. The fourth-order valence-corrected chi connectivity index (χ4v) is 4.31. The molecular weight excluding hydrogens is 280 g/mol. The molecule has 1 heterocycles. The fraction of sp³-hybridized carbons (Fsp3) is 0.529. The minimum absolute atomic E-state index is 0.102. The summed E-state index contributed by atoms with van der Waals surface area (Å²) in [5.41, 5.74) is 2.22. The molecule has 0 atom stereocenters. The Morgan fingerprint density at radius 2 is 1.90 bits per heavy atom. The molecule has 1 spiro atoms. The number of hydrogen-bond acceptors (Lipinski definition) is 4. The van der Waals surface area contributed by atoms with Crippen molar-refractivity contribution in [3.8, 4) is 0 Å². The predicted molar refractivity (Wildman–Crippen MR) is 90.3 cm³/mol. The van der Waals surface area contributed by atoms with E-state index in [1.54, 1.807) is 6.92 Å². The Labute approximate surface area is 130 Å². The van der Waals surface area contributed by atoms with Crippen LogP contribution in [0.2, 0.25) is 0 Å². The molecule has 1 fully saturated rings. The van der Waals surface area contributed by atoms with Gasteiger partial charge in [0.25, 0.3) is 0 Å². The number of ketones is 1. The van der Waals surface area contributed by atoms with Crippen molar-refractivity contribution in [2.24, 2.45) is 10.4 Å². The van der Waals surface area contributed by atoms with Gasteiger partial charge in [0.15, 0.2) is 11.0 Å². The molecule has 0 radical (unpaired) electrons. The first-order valence-electron chi connectivity index (χ1n) is 7.72. The lowest BCUT2D eigenvalue weighted by molar-refractivity contribution is 0.101. The summed E-state index contributed by atoms with van der Waals surface area (Å²) < 4.78 is 0. The highest BCUT2D eigenvalue weighted by atomic mass is 32.2. The van der Waals surface area contributed by atoms with Gasteiger partial charge in [0.1, 0.15) is 0 Å². The normalized spacial score (nSPS) is 20.9. The number of hydrogen-bond donors (Lipinski definition) is 1. The molecule has 0 bridgehead atoms. The first kappa shape index (κ1) is 14.6. The molecule has 0 saturated heterocycles. The number of benzene rings is 1. The van der Waals surface area contributed by atoms with Gasteiger partial charge in [-0.15, -0.1) is 0 Å². The van der Waals surface area contributed by atoms with E-state index in [1.165, 1.54) is 37.9 Å². The van der Waals surface area contributed by atoms with E-state index in [0.29, 0.717) is 5.41 Å². The second-order valence-corrected chi connectivity index (χ2v) is 7.19. The maximum atomic E-state index is 11.3. The number of carbonyl (C=O) groups excluding carboxylic acids is 1. The summed E-state index contributed by atoms with van der Waals surface area (Å²) in [5, 5.41) is 4.39. The van der Waals surface area contributed by atoms with Crippen LogP contribution in [0.4, 0.5) is 5.69 Å².